The van der Waals surface area contributed by atoms with E-state index in [9.17, 15) is 0 Å². The van der Waals surface area contributed by atoms with Gasteiger partial charge < -0.3 is 0 Å². The Morgan fingerprint density at radius 3 is 2.75 bits per heavy atom. The van der Waals surface area contributed by atoms with E-state index in [0.717, 1.165) is 25.7 Å². The minimum Gasteiger partial charge on any atom is -0.119 e. The van der Waals surface area contributed by atoms with Gasteiger partial charge in [0, 0.05) is 16.2 Å². The van der Waals surface area contributed by atoms with E-state index in [-0.39, 0.29) is 11.3 Å². The third-order valence-electron chi connectivity index (χ3n) is 4.56. The largest absolute Gasteiger partial charge is 0.119 e. The highest BCUT2D eigenvalue weighted by molar-refractivity contribution is 8.06. The van der Waals surface area contributed by atoms with E-state index >= 15 is 0 Å². The Bertz CT molecular complexity index is 592. The second-order valence-electron chi connectivity index (χ2n) is 6.75. The molecule has 0 aromatic rings. The fourth-order valence-corrected chi connectivity index (χ4v) is 3.72. The van der Waals surface area contributed by atoms with E-state index in [1.165, 1.54) is 16.1 Å². The van der Waals surface area contributed by atoms with Gasteiger partial charge in [-0.05, 0) is 50.5 Å². The van der Waals surface area contributed by atoms with Crippen molar-refractivity contribution < 1.29 is 0 Å². The van der Waals surface area contributed by atoms with Gasteiger partial charge in [0.15, 0.2) is 0 Å². The van der Waals surface area contributed by atoms with Crippen LogP contribution in [-0.2, 0) is 0 Å². The molecule has 0 heterocycles. The third-order valence-corrected chi connectivity index (χ3v) is 5.60. The summed E-state index contributed by atoms with van der Waals surface area (Å²) in [6, 6.07) is 0. The van der Waals surface area contributed by atoms with Crippen LogP contribution in [0.25, 0.3) is 0 Å². The molecule has 2 unspecified atom stereocenters. The maximum atomic E-state index is 5.94. The molecule has 1 heteroatoms. The van der Waals surface area contributed by atoms with Crippen LogP contribution in [-0.4, -0.2) is 0 Å². The van der Waals surface area contributed by atoms with Gasteiger partial charge in [-0.2, -0.15) is 0 Å². The van der Waals surface area contributed by atoms with Gasteiger partial charge in [0.05, 0.1) is 0 Å². The Morgan fingerprint density at radius 1 is 1.38 bits per heavy atom. The van der Waals surface area contributed by atoms with Gasteiger partial charge in [-0.3, -0.25) is 0 Å². The Morgan fingerprint density at radius 2 is 2.12 bits per heavy atom. The zero-order chi connectivity index (χ0) is 18.0. The Labute approximate surface area is 153 Å². The summed E-state index contributed by atoms with van der Waals surface area (Å²) in [5.74, 6) is 3.16. The number of allylic oxidation sites excluding steroid dienone is 8. The van der Waals surface area contributed by atoms with Crippen molar-refractivity contribution in [3.63, 3.8) is 0 Å². The second kappa shape index (κ2) is 10.5. The molecule has 0 fully saturated rings. The molecule has 0 saturated heterocycles. The first-order chi connectivity index (χ1) is 11.5. The highest BCUT2D eigenvalue weighted by Crippen LogP contribution is 2.40. The van der Waals surface area contributed by atoms with Crippen LogP contribution in [0, 0.1) is 23.7 Å². The van der Waals surface area contributed by atoms with Crippen molar-refractivity contribution in [3.8, 4) is 12.3 Å². The molecule has 0 aliphatic heterocycles. The lowest BCUT2D eigenvalue weighted by atomic mass is 9.72. The summed E-state index contributed by atoms with van der Waals surface area (Å²) in [6.07, 6.45) is 23.8. The first-order valence-electron chi connectivity index (χ1n) is 8.98. The fraction of sp³-hybridized carbons (Fsp3) is 0.478. The van der Waals surface area contributed by atoms with Crippen molar-refractivity contribution in [2.75, 3.05) is 0 Å². The Kier molecular flexibility index (Phi) is 9.01. The van der Waals surface area contributed by atoms with Crippen molar-refractivity contribution in [2.45, 2.75) is 60.3 Å². The standard InChI is InChI=1S/C23H32S/c1-7-10-17-24-22-18-21(9-3)23(6,15-11-13-20(22)5)16-14-19(4)12-8-2/h3,10-13,15,17-18,21H,7-8,14,16H2,1-2,4-6H3/b15-11+,17-10-,19-12+,20-13-,22-18+. The minimum atomic E-state index is -0.00489. The van der Waals surface area contributed by atoms with Crippen LogP contribution < -0.4 is 0 Å². The maximum Gasteiger partial charge on any atom is 0.0482 e. The van der Waals surface area contributed by atoms with Gasteiger partial charge in [-0.25, -0.2) is 0 Å². The quantitative estimate of drug-likeness (QED) is 0.343. The molecule has 0 saturated carbocycles. The molecule has 0 N–H and O–H groups in total. The molecule has 0 bridgehead atoms. The average Bonchev–Trinajstić information content (AvgIpc) is 2.55. The molecule has 0 aromatic heterocycles. The fourth-order valence-electron chi connectivity index (χ4n) is 2.82. The van der Waals surface area contributed by atoms with Crippen molar-refractivity contribution in [1.29, 1.82) is 0 Å². The van der Waals surface area contributed by atoms with E-state index in [0.29, 0.717) is 0 Å². The lowest BCUT2D eigenvalue weighted by Crippen LogP contribution is -2.24. The molecule has 0 spiro atoms. The third kappa shape index (κ3) is 6.25. The van der Waals surface area contributed by atoms with E-state index in [1.54, 1.807) is 11.8 Å². The molecule has 2 atom stereocenters. The van der Waals surface area contributed by atoms with Gasteiger partial charge in [-0.1, -0.05) is 80.5 Å². The SMILES string of the molecule is C#CC1\C=C(S/C=C\CC)/C(C)=C\C=C\C1(C)CC/C(C)=C/CC. The summed E-state index contributed by atoms with van der Waals surface area (Å²) < 4.78 is 0. The highest BCUT2D eigenvalue weighted by Gasteiger charge is 2.30. The first kappa shape index (κ1) is 20.7. The van der Waals surface area contributed by atoms with Gasteiger partial charge in [0.2, 0.25) is 0 Å². The van der Waals surface area contributed by atoms with Crippen LogP contribution in [0.1, 0.15) is 60.3 Å². The summed E-state index contributed by atoms with van der Waals surface area (Å²) in [4.78, 5) is 1.28. The summed E-state index contributed by atoms with van der Waals surface area (Å²) in [7, 11) is 0. The molecular formula is C23H32S. The molecule has 24 heavy (non-hydrogen) atoms. The van der Waals surface area contributed by atoms with Gasteiger partial charge in [0.1, 0.15) is 0 Å². The molecule has 0 nitrogen and oxygen atoms in total. The predicted octanol–water partition coefficient (Wildman–Crippen LogP) is 7.44. The molecule has 1 rings (SSSR count). The Balaban J connectivity index is 3.08. The first-order valence-corrected chi connectivity index (χ1v) is 9.86. The van der Waals surface area contributed by atoms with Crippen molar-refractivity contribution in [3.05, 3.63) is 57.9 Å². The zero-order valence-electron chi connectivity index (χ0n) is 15.9. The van der Waals surface area contributed by atoms with E-state index in [1.807, 2.05) is 0 Å². The van der Waals surface area contributed by atoms with Crippen LogP contribution in [0.3, 0.4) is 0 Å². The normalized spacial score (nSPS) is 30.7. The molecule has 0 radical (unpaired) electrons. The number of thioether (sulfide) groups is 1. The van der Waals surface area contributed by atoms with Crippen LogP contribution in [0.5, 0.6) is 0 Å². The van der Waals surface area contributed by atoms with Crippen LogP contribution in [0.4, 0.5) is 0 Å². The topological polar surface area (TPSA) is 0 Å². The average molecular weight is 341 g/mol. The molecular weight excluding hydrogens is 308 g/mol. The Hall–Kier alpha value is -1.39. The van der Waals surface area contributed by atoms with Crippen LogP contribution in [0.2, 0.25) is 0 Å². The minimum absolute atomic E-state index is 0.00489. The number of terminal acetylenes is 1. The molecule has 1 aliphatic rings. The van der Waals surface area contributed by atoms with Crippen LogP contribution >= 0.6 is 11.8 Å². The maximum absolute atomic E-state index is 5.94. The molecule has 1 aliphatic carbocycles. The summed E-state index contributed by atoms with van der Waals surface area (Å²) >= 11 is 1.78. The van der Waals surface area contributed by atoms with Crippen LogP contribution in [0.15, 0.2) is 57.9 Å². The lowest BCUT2D eigenvalue weighted by molar-refractivity contribution is 0.337. The highest BCUT2D eigenvalue weighted by atomic mass is 32.2. The van der Waals surface area contributed by atoms with Gasteiger partial charge in [0.25, 0.3) is 0 Å². The van der Waals surface area contributed by atoms with Crippen molar-refractivity contribution in [1.82, 2.24) is 0 Å². The summed E-state index contributed by atoms with van der Waals surface area (Å²) in [6.45, 7) is 11.0. The molecule has 130 valence electrons. The van der Waals surface area contributed by atoms with E-state index < -0.39 is 0 Å². The number of hydrogen-bond acceptors (Lipinski definition) is 1. The second-order valence-corrected chi connectivity index (χ2v) is 7.69. The van der Waals surface area contributed by atoms with Crippen molar-refractivity contribution >= 4 is 11.8 Å². The number of rotatable bonds is 7. The summed E-state index contributed by atoms with van der Waals surface area (Å²) in [5.41, 5.74) is 2.73. The van der Waals surface area contributed by atoms with Crippen molar-refractivity contribution in [2.24, 2.45) is 11.3 Å². The smallest absolute Gasteiger partial charge is 0.0482 e. The molecule has 0 aromatic carbocycles. The van der Waals surface area contributed by atoms with E-state index in [2.05, 4.69) is 82.4 Å². The predicted molar refractivity (Wildman–Crippen MR) is 112 cm³/mol. The van der Waals surface area contributed by atoms with Gasteiger partial charge in [-0.15, -0.1) is 6.42 Å². The number of hydrogen-bond donors (Lipinski definition) is 0. The summed E-state index contributed by atoms with van der Waals surface area (Å²) in [5, 5.41) is 2.17. The van der Waals surface area contributed by atoms with E-state index in [4.69, 9.17) is 6.42 Å². The molecule has 0 amide bonds. The van der Waals surface area contributed by atoms with Gasteiger partial charge >= 0.3 is 0 Å². The lowest BCUT2D eigenvalue weighted by Gasteiger charge is -2.32. The zero-order valence-corrected chi connectivity index (χ0v) is 16.7. The monoisotopic (exact) mass is 340 g/mol.